The highest BCUT2D eigenvalue weighted by molar-refractivity contribution is 5.80. The number of hydrogen-bond acceptors (Lipinski definition) is 3. The summed E-state index contributed by atoms with van der Waals surface area (Å²) in [7, 11) is 0. The molecule has 0 aliphatic heterocycles. The Hall–Kier alpha value is -2.29. The van der Waals surface area contributed by atoms with Gasteiger partial charge in [0.05, 0.1) is 18.5 Å². The van der Waals surface area contributed by atoms with Crippen molar-refractivity contribution in [3.63, 3.8) is 0 Å². The lowest BCUT2D eigenvalue weighted by atomic mass is 10.0. The van der Waals surface area contributed by atoms with Gasteiger partial charge < -0.3 is 4.74 Å². The molecule has 2 rings (SSSR count). The van der Waals surface area contributed by atoms with Crippen LogP contribution in [0.4, 0.5) is 5.69 Å². The van der Waals surface area contributed by atoms with E-state index >= 15 is 0 Å². The van der Waals surface area contributed by atoms with Crippen LogP contribution in [0.15, 0.2) is 59.7 Å². The molecule has 2 aromatic carbocycles. The van der Waals surface area contributed by atoms with Gasteiger partial charge >= 0.3 is 0 Å². The van der Waals surface area contributed by atoms with Crippen molar-refractivity contribution in [1.82, 2.24) is 0 Å². The molecular formula is C31H48N2O. The van der Waals surface area contributed by atoms with E-state index in [1.807, 2.05) is 60.8 Å². The average molecular weight is 465 g/mol. The molecule has 34 heavy (non-hydrogen) atoms. The van der Waals surface area contributed by atoms with Crippen molar-refractivity contribution >= 4 is 11.9 Å². The van der Waals surface area contributed by atoms with Gasteiger partial charge in [0.15, 0.2) is 0 Å². The van der Waals surface area contributed by atoms with Crippen LogP contribution in [0.25, 0.3) is 0 Å². The third-order valence-corrected chi connectivity index (χ3v) is 6.31. The van der Waals surface area contributed by atoms with Crippen LogP contribution >= 0.6 is 0 Å². The van der Waals surface area contributed by atoms with Crippen LogP contribution in [0.5, 0.6) is 5.75 Å². The summed E-state index contributed by atoms with van der Waals surface area (Å²) in [6, 6.07) is 18.1. The first-order valence-corrected chi connectivity index (χ1v) is 14.0. The molecule has 0 fully saturated rings. The van der Waals surface area contributed by atoms with E-state index in [0.717, 1.165) is 30.0 Å². The molecule has 3 heteroatoms. The quantitative estimate of drug-likeness (QED) is 0.113. The van der Waals surface area contributed by atoms with Crippen molar-refractivity contribution in [3.05, 3.63) is 60.2 Å². The SMILES string of the molecule is CCCCCCCCCCCCCCCCCCOc1cccc(/C=N/Nc2ccccc2)c1. The Labute approximate surface area is 209 Å². The Morgan fingerprint density at radius 2 is 1.21 bits per heavy atom. The normalized spacial score (nSPS) is 11.2. The van der Waals surface area contributed by atoms with E-state index in [1.165, 1.54) is 96.3 Å². The van der Waals surface area contributed by atoms with Gasteiger partial charge in [0.2, 0.25) is 0 Å². The molecule has 0 bridgehead atoms. The molecule has 0 aliphatic rings. The fourth-order valence-corrected chi connectivity index (χ4v) is 4.22. The van der Waals surface area contributed by atoms with Crippen molar-refractivity contribution in [3.8, 4) is 5.75 Å². The molecule has 1 N–H and O–H groups in total. The van der Waals surface area contributed by atoms with E-state index in [2.05, 4.69) is 17.5 Å². The lowest BCUT2D eigenvalue weighted by Crippen LogP contribution is -1.98. The maximum absolute atomic E-state index is 5.95. The number of rotatable bonds is 21. The van der Waals surface area contributed by atoms with Crippen LogP contribution < -0.4 is 10.2 Å². The molecule has 0 saturated heterocycles. The zero-order valence-corrected chi connectivity index (χ0v) is 21.6. The van der Waals surface area contributed by atoms with Gasteiger partial charge in [-0.2, -0.15) is 5.10 Å². The average Bonchev–Trinajstić information content (AvgIpc) is 2.87. The van der Waals surface area contributed by atoms with Gasteiger partial charge in [0.1, 0.15) is 5.75 Å². The van der Waals surface area contributed by atoms with E-state index < -0.39 is 0 Å². The summed E-state index contributed by atoms with van der Waals surface area (Å²) >= 11 is 0. The molecule has 0 aromatic heterocycles. The highest BCUT2D eigenvalue weighted by Gasteiger charge is 1.97. The van der Waals surface area contributed by atoms with Crippen LogP contribution in [0, 0.1) is 0 Å². The molecule has 0 saturated carbocycles. The largest absolute Gasteiger partial charge is 0.494 e. The van der Waals surface area contributed by atoms with Crippen LogP contribution in [0.1, 0.15) is 115 Å². The molecule has 188 valence electrons. The Morgan fingerprint density at radius 1 is 0.647 bits per heavy atom. The summed E-state index contributed by atoms with van der Waals surface area (Å²) in [6.45, 7) is 3.08. The Bertz CT molecular complexity index is 744. The Morgan fingerprint density at radius 3 is 1.79 bits per heavy atom. The van der Waals surface area contributed by atoms with Gasteiger partial charge in [-0.1, -0.05) is 134 Å². The number of hydrogen-bond donors (Lipinski definition) is 1. The minimum atomic E-state index is 0.793. The van der Waals surface area contributed by atoms with Gasteiger partial charge in [-0.25, -0.2) is 0 Å². The number of benzene rings is 2. The van der Waals surface area contributed by atoms with Gasteiger partial charge in [0, 0.05) is 0 Å². The van der Waals surface area contributed by atoms with Crippen LogP contribution in [-0.4, -0.2) is 12.8 Å². The lowest BCUT2D eigenvalue weighted by Gasteiger charge is -2.07. The first-order valence-electron chi connectivity index (χ1n) is 14.0. The first-order chi connectivity index (χ1) is 16.9. The van der Waals surface area contributed by atoms with Gasteiger partial charge in [0.25, 0.3) is 0 Å². The summed E-state index contributed by atoms with van der Waals surface area (Å²) in [4.78, 5) is 0. The third kappa shape index (κ3) is 14.8. The van der Waals surface area contributed by atoms with Crippen molar-refractivity contribution in [2.24, 2.45) is 5.10 Å². The van der Waals surface area contributed by atoms with Crippen molar-refractivity contribution in [2.45, 2.75) is 110 Å². The molecule has 0 amide bonds. The van der Waals surface area contributed by atoms with Gasteiger partial charge in [-0.05, 0) is 36.2 Å². The van der Waals surface area contributed by atoms with Crippen molar-refractivity contribution in [1.29, 1.82) is 0 Å². The monoisotopic (exact) mass is 464 g/mol. The van der Waals surface area contributed by atoms with Crippen LogP contribution in [0.3, 0.4) is 0 Å². The zero-order chi connectivity index (χ0) is 23.9. The van der Waals surface area contributed by atoms with Crippen LogP contribution in [-0.2, 0) is 0 Å². The maximum Gasteiger partial charge on any atom is 0.119 e. The number of nitrogens with one attached hydrogen (secondary N) is 1. The molecule has 2 aromatic rings. The Kier molecular flexibility index (Phi) is 16.5. The molecule has 0 unspecified atom stereocenters. The smallest absolute Gasteiger partial charge is 0.119 e. The number of unbranched alkanes of at least 4 members (excludes halogenated alkanes) is 15. The first kappa shape index (κ1) is 28.0. The molecule has 0 heterocycles. The van der Waals surface area contributed by atoms with Gasteiger partial charge in [-0.3, -0.25) is 5.43 Å². The van der Waals surface area contributed by atoms with E-state index in [0.29, 0.717) is 0 Å². The minimum Gasteiger partial charge on any atom is -0.494 e. The molecule has 0 atom stereocenters. The van der Waals surface area contributed by atoms with Crippen molar-refractivity contribution < 1.29 is 4.74 Å². The van der Waals surface area contributed by atoms with E-state index in [4.69, 9.17) is 4.74 Å². The van der Waals surface area contributed by atoms with E-state index in [1.54, 1.807) is 0 Å². The summed E-state index contributed by atoms with van der Waals surface area (Å²) in [5, 5.41) is 4.30. The van der Waals surface area contributed by atoms with E-state index in [9.17, 15) is 0 Å². The number of para-hydroxylation sites is 1. The molecule has 0 spiro atoms. The molecular weight excluding hydrogens is 416 g/mol. The highest BCUT2D eigenvalue weighted by atomic mass is 16.5. The predicted octanol–water partition coefficient (Wildman–Crippen LogP) is 9.77. The lowest BCUT2D eigenvalue weighted by molar-refractivity contribution is 0.304. The fraction of sp³-hybridized carbons (Fsp3) is 0.581. The maximum atomic E-state index is 5.95. The third-order valence-electron chi connectivity index (χ3n) is 6.31. The number of nitrogens with zero attached hydrogens (tertiary/aromatic N) is 1. The zero-order valence-electron chi connectivity index (χ0n) is 21.6. The topological polar surface area (TPSA) is 33.6 Å². The summed E-state index contributed by atoms with van der Waals surface area (Å²) in [6.07, 6.45) is 24.1. The van der Waals surface area contributed by atoms with E-state index in [-0.39, 0.29) is 0 Å². The standard InChI is InChI=1S/C31H48N2O/c1-2-3-4-5-6-7-8-9-10-11-12-13-14-15-16-20-26-34-31-25-21-22-29(27-31)28-32-33-30-23-18-17-19-24-30/h17-19,21-25,27-28,33H,2-16,20,26H2,1H3/b32-28+. The molecule has 0 radical (unpaired) electrons. The van der Waals surface area contributed by atoms with Crippen LogP contribution in [0.2, 0.25) is 0 Å². The van der Waals surface area contributed by atoms with Gasteiger partial charge in [-0.15, -0.1) is 0 Å². The summed E-state index contributed by atoms with van der Waals surface area (Å²) in [5.74, 6) is 0.921. The molecule has 3 nitrogen and oxygen atoms in total. The number of hydrazone groups is 1. The number of anilines is 1. The fourth-order valence-electron chi connectivity index (χ4n) is 4.22. The second-order valence-electron chi connectivity index (χ2n) is 9.46. The Balaban J connectivity index is 1.39. The highest BCUT2D eigenvalue weighted by Crippen LogP contribution is 2.15. The number of ether oxygens (including phenoxy) is 1. The van der Waals surface area contributed by atoms with Crippen molar-refractivity contribution in [2.75, 3.05) is 12.0 Å². The predicted molar refractivity (Wildman–Crippen MR) is 149 cm³/mol. The second kappa shape index (κ2) is 20.1. The summed E-state index contributed by atoms with van der Waals surface area (Å²) in [5.41, 5.74) is 5.06. The summed E-state index contributed by atoms with van der Waals surface area (Å²) < 4.78 is 5.95. The molecule has 0 aliphatic carbocycles. The second-order valence-corrected chi connectivity index (χ2v) is 9.46. The minimum absolute atomic E-state index is 0.793.